The van der Waals surface area contributed by atoms with Gasteiger partial charge in [0.15, 0.2) is 6.10 Å². The Morgan fingerprint density at radius 1 is 0.893 bits per heavy atom. The van der Waals surface area contributed by atoms with Crippen LogP contribution in [0.1, 0.15) is 78.1 Å². The number of unbranched alkanes of at least 4 members (excludes halogenated alkanes) is 5. The molecule has 0 aliphatic rings. The lowest BCUT2D eigenvalue weighted by Crippen LogP contribution is -2.28. The first kappa shape index (κ1) is 26.1. The van der Waals surface area contributed by atoms with E-state index < -0.39 is 12.1 Å². The zero-order chi connectivity index (χ0) is 20.9. The Morgan fingerprint density at radius 3 is 2.14 bits per heavy atom. The number of hydrogen-bond acceptors (Lipinski definition) is 5. The third kappa shape index (κ3) is 18.9. The zero-order valence-corrected chi connectivity index (χ0v) is 17.6. The van der Waals surface area contributed by atoms with E-state index in [-0.39, 0.29) is 19.2 Å². The summed E-state index contributed by atoms with van der Waals surface area (Å²) < 4.78 is 9.82. The molecule has 160 valence electrons. The van der Waals surface area contributed by atoms with Gasteiger partial charge >= 0.3 is 11.9 Å². The number of carbonyl (C=O) groups excluding carboxylic acids is 2. The molecule has 1 unspecified atom stereocenters. The average molecular weight is 395 g/mol. The molecule has 5 nitrogen and oxygen atoms in total. The molecule has 0 saturated carbocycles. The van der Waals surface area contributed by atoms with E-state index >= 15 is 0 Å². The van der Waals surface area contributed by atoms with Gasteiger partial charge in [-0.15, -0.1) is 0 Å². The summed E-state index contributed by atoms with van der Waals surface area (Å²) in [6, 6.07) is 0. The van der Waals surface area contributed by atoms with Crippen LogP contribution >= 0.6 is 0 Å². The maximum atomic E-state index is 11.7. The number of rotatable bonds is 17. The molecule has 1 atom stereocenters. The Kier molecular flexibility index (Phi) is 18.5. The third-order valence-electron chi connectivity index (χ3n) is 4.01. The molecule has 0 aliphatic carbocycles. The Morgan fingerprint density at radius 2 is 1.50 bits per heavy atom. The van der Waals surface area contributed by atoms with E-state index in [1.54, 1.807) is 0 Å². The Hall–Kier alpha value is -1.88. The van der Waals surface area contributed by atoms with Gasteiger partial charge in [-0.3, -0.25) is 9.59 Å². The van der Waals surface area contributed by atoms with Crippen LogP contribution in [-0.4, -0.2) is 36.4 Å². The number of aliphatic hydroxyl groups excluding tert-OH is 1. The first-order valence-electron chi connectivity index (χ1n) is 10.5. The van der Waals surface area contributed by atoms with E-state index in [4.69, 9.17) is 14.6 Å². The Bertz CT molecular complexity index is 479. The highest BCUT2D eigenvalue weighted by Crippen LogP contribution is 2.09. The molecule has 0 heterocycles. The summed E-state index contributed by atoms with van der Waals surface area (Å²) in [7, 11) is 0. The van der Waals surface area contributed by atoms with Crippen molar-refractivity contribution in [2.75, 3.05) is 13.2 Å². The molecule has 0 bridgehead atoms. The molecule has 0 spiro atoms. The molecule has 0 radical (unpaired) electrons. The maximum absolute atomic E-state index is 11.7. The van der Waals surface area contributed by atoms with E-state index in [9.17, 15) is 9.59 Å². The summed E-state index contributed by atoms with van der Waals surface area (Å²) in [5, 5.41) is 9.11. The Balaban J connectivity index is 3.53. The van der Waals surface area contributed by atoms with Crippen LogP contribution in [0.2, 0.25) is 0 Å². The van der Waals surface area contributed by atoms with Crippen molar-refractivity contribution in [3.05, 3.63) is 36.5 Å². The molecule has 0 amide bonds. The van der Waals surface area contributed by atoms with E-state index in [0.717, 1.165) is 51.4 Å². The van der Waals surface area contributed by atoms with Gasteiger partial charge in [0.05, 0.1) is 6.61 Å². The van der Waals surface area contributed by atoms with Crippen molar-refractivity contribution in [2.24, 2.45) is 0 Å². The zero-order valence-electron chi connectivity index (χ0n) is 17.6. The second-order valence-corrected chi connectivity index (χ2v) is 6.70. The first-order chi connectivity index (χ1) is 13.6. The topological polar surface area (TPSA) is 72.8 Å². The van der Waals surface area contributed by atoms with Gasteiger partial charge in [-0.05, 0) is 38.5 Å². The van der Waals surface area contributed by atoms with Crippen LogP contribution in [0.4, 0.5) is 0 Å². The van der Waals surface area contributed by atoms with Crippen LogP contribution in [0, 0.1) is 0 Å². The highest BCUT2D eigenvalue weighted by atomic mass is 16.6. The largest absolute Gasteiger partial charge is 0.462 e. The minimum Gasteiger partial charge on any atom is -0.462 e. The van der Waals surface area contributed by atoms with Crippen molar-refractivity contribution >= 4 is 11.9 Å². The lowest BCUT2D eigenvalue weighted by atomic mass is 10.1. The summed E-state index contributed by atoms with van der Waals surface area (Å²) >= 11 is 0. The van der Waals surface area contributed by atoms with Crippen molar-refractivity contribution in [2.45, 2.75) is 84.2 Å². The molecule has 0 rings (SSSR count). The van der Waals surface area contributed by atoms with Crippen molar-refractivity contribution in [1.82, 2.24) is 0 Å². The lowest BCUT2D eigenvalue weighted by molar-refractivity contribution is -0.160. The second-order valence-electron chi connectivity index (χ2n) is 6.70. The van der Waals surface area contributed by atoms with E-state index in [0.29, 0.717) is 6.42 Å². The summed E-state index contributed by atoms with van der Waals surface area (Å²) in [6.45, 7) is 2.96. The Labute approximate surface area is 170 Å². The van der Waals surface area contributed by atoms with Gasteiger partial charge in [0.1, 0.15) is 6.61 Å². The predicted octanol–water partition coefficient (Wildman–Crippen LogP) is 5.04. The highest BCUT2D eigenvalue weighted by molar-refractivity contribution is 5.69. The molecule has 1 N–H and O–H groups in total. The molecule has 0 saturated heterocycles. The van der Waals surface area contributed by atoms with Crippen LogP contribution in [0.5, 0.6) is 0 Å². The standard InChI is InChI=1S/C23H38O5/c1-3-4-5-6-7-8-9-10-11-12-13-14-15-16-17-18-23(26)28-22(19-24)20-27-21(2)25/h4-5,7-8,10-11,22,24H,3,6,9,12-20H2,1-2H3/b5-4-,8-7-,11-10-. The predicted molar refractivity (Wildman–Crippen MR) is 113 cm³/mol. The number of esters is 2. The van der Waals surface area contributed by atoms with Gasteiger partial charge in [-0.2, -0.15) is 0 Å². The quantitative estimate of drug-likeness (QED) is 0.212. The van der Waals surface area contributed by atoms with Crippen LogP contribution in [-0.2, 0) is 19.1 Å². The van der Waals surface area contributed by atoms with Crippen molar-refractivity contribution < 1.29 is 24.2 Å². The third-order valence-corrected chi connectivity index (χ3v) is 4.01. The first-order valence-corrected chi connectivity index (χ1v) is 10.5. The number of hydrogen-bond donors (Lipinski definition) is 1. The lowest BCUT2D eigenvalue weighted by Gasteiger charge is -2.15. The fourth-order valence-electron chi connectivity index (χ4n) is 2.47. The molecule has 5 heteroatoms. The molecule has 0 aromatic rings. The molecular formula is C23H38O5. The minimum atomic E-state index is -0.772. The average Bonchev–Trinajstić information content (AvgIpc) is 2.68. The van der Waals surface area contributed by atoms with Gasteiger partial charge in [0, 0.05) is 13.3 Å². The van der Waals surface area contributed by atoms with Crippen LogP contribution in [0.3, 0.4) is 0 Å². The summed E-state index contributed by atoms with van der Waals surface area (Å²) in [4.78, 5) is 22.4. The van der Waals surface area contributed by atoms with Gasteiger partial charge < -0.3 is 14.6 Å². The normalized spacial score (nSPS) is 12.8. The van der Waals surface area contributed by atoms with Crippen molar-refractivity contribution in [3.63, 3.8) is 0 Å². The number of aliphatic hydroxyl groups is 1. The fourth-order valence-corrected chi connectivity index (χ4v) is 2.47. The molecule has 0 aliphatic heterocycles. The minimum absolute atomic E-state index is 0.100. The molecule has 0 fully saturated rings. The molecular weight excluding hydrogens is 356 g/mol. The summed E-state index contributed by atoms with van der Waals surface area (Å²) in [6.07, 6.45) is 22.2. The van der Waals surface area contributed by atoms with Crippen LogP contribution in [0.15, 0.2) is 36.5 Å². The van der Waals surface area contributed by atoms with Crippen molar-refractivity contribution in [3.8, 4) is 0 Å². The van der Waals surface area contributed by atoms with E-state index in [1.807, 2.05) is 0 Å². The molecule has 0 aromatic heterocycles. The summed E-state index contributed by atoms with van der Waals surface area (Å²) in [5.41, 5.74) is 0. The maximum Gasteiger partial charge on any atom is 0.306 e. The van der Waals surface area contributed by atoms with Gasteiger partial charge in [0.2, 0.25) is 0 Å². The van der Waals surface area contributed by atoms with Crippen LogP contribution < -0.4 is 0 Å². The monoisotopic (exact) mass is 394 g/mol. The SMILES string of the molecule is CC/C=C\C/C=C\C/C=C\CCCCCCCC(=O)OC(CO)COC(C)=O. The second kappa shape index (κ2) is 19.9. The number of carbonyl (C=O) groups is 2. The van der Waals surface area contributed by atoms with Crippen molar-refractivity contribution in [1.29, 1.82) is 0 Å². The molecule has 28 heavy (non-hydrogen) atoms. The smallest absolute Gasteiger partial charge is 0.306 e. The van der Waals surface area contributed by atoms with E-state index in [2.05, 4.69) is 43.4 Å². The van der Waals surface area contributed by atoms with Gasteiger partial charge in [-0.25, -0.2) is 0 Å². The number of allylic oxidation sites excluding steroid dienone is 6. The fraction of sp³-hybridized carbons (Fsp3) is 0.652. The van der Waals surface area contributed by atoms with Gasteiger partial charge in [-0.1, -0.05) is 62.6 Å². The van der Waals surface area contributed by atoms with Gasteiger partial charge in [0.25, 0.3) is 0 Å². The highest BCUT2D eigenvalue weighted by Gasteiger charge is 2.14. The van der Waals surface area contributed by atoms with E-state index in [1.165, 1.54) is 13.3 Å². The summed E-state index contributed by atoms with van der Waals surface area (Å²) in [5.74, 6) is -0.812. The van der Waals surface area contributed by atoms with Crippen LogP contribution in [0.25, 0.3) is 0 Å². The number of ether oxygens (including phenoxy) is 2. The molecule has 0 aromatic carbocycles.